The quantitative estimate of drug-likeness (QED) is 0.670. The third kappa shape index (κ3) is 2.35. The minimum absolute atomic E-state index is 0.00412. The Kier molecular flexibility index (Phi) is 3.23. The number of nitrogens with one attached hydrogen (secondary N) is 1. The number of alkyl halides is 1. The monoisotopic (exact) mass is 284 g/mol. The van der Waals surface area contributed by atoms with Gasteiger partial charge in [0.25, 0.3) is 11.6 Å². The Morgan fingerprint density at radius 1 is 1.35 bits per heavy atom. The zero-order valence-electron chi connectivity index (χ0n) is 11.1. The maximum absolute atomic E-state index is 13.9. The number of nitrogens with zero attached hydrogens (tertiary/aromatic N) is 1. The van der Waals surface area contributed by atoms with Crippen LogP contribution in [0.3, 0.4) is 0 Å². The first-order valence-corrected chi connectivity index (χ1v) is 6.12. The van der Waals surface area contributed by atoms with Gasteiger partial charge in [0.15, 0.2) is 5.67 Å². The first-order valence-electron chi connectivity index (χ1n) is 6.12. The van der Waals surface area contributed by atoms with Crippen molar-refractivity contribution in [2.75, 3.05) is 0 Å². The second-order valence-corrected chi connectivity index (χ2v) is 5.40. The van der Waals surface area contributed by atoms with E-state index in [0.717, 1.165) is 25.1 Å². The van der Waals surface area contributed by atoms with Crippen molar-refractivity contribution in [3.05, 3.63) is 39.7 Å². The van der Waals surface area contributed by atoms with Crippen LogP contribution in [0.25, 0.3) is 0 Å². The van der Waals surface area contributed by atoms with Gasteiger partial charge >= 0.3 is 0 Å². The molecule has 1 fully saturated rings. The smallest absolute Gasteiger partial charge is 0.269 e. The predicted octanol–water partition coefficient (Wildman–Crippen LogP) is 2.59. The summed E-state index contributed by atoms with van der Waals surface area (Å²) in [6.07, 6.45) is 0.0846. The van der Waals surface area contributed by atoms with Gasteiger partial charge in [-0.25, -0.2) is 8.78 Å². The Morgan fingerprint density at radius 3 is 2.55 bits per heavy atom. The molecule has 1 saturated heterocycles. The standard InChI is InChI=1S/C13H14F2N2O3/c1-12(15)5-6-13(2,16-11(12)18)9-7-8(17(19)20)3-4-10(9)14/h3-4,7H,5-6H2,1-2H3,(H,16,18)/t12-,13+/m1/s1. The average Bonchev–Trinajstić information content (AvgIpc) is 2.35. The Bertz CT molecular complexity index is 589. The summed E-state index contributed by atoms with van der Waals surface area (Å²) < 4.78 is 27.7. The SMILES string of the molecule is C[C@@]1(F)CC[C@@](C)(c2cc([N+](=O)[O-])ccc2F)NC1=O. The number of carbonyl (C=O) groups is 1. The zero-order chi connectivity index (χ0) is 15.1. The molecular formula is C13H14F2N2O3. The summed E-state index contributed by atoms with van der Waals surface area (Å²) in [6.45, 7) is 2.69. The van der Waals surface area contributed by atoms with Gasteiger partial charge in [-0.1, -0.05) is 0 Å². The fourth-order valence-electron chi connectivity index (χ4n) is 2.29. The number of hydrogen-bond donors (Lipinski definition) is 1. The molecule has 2 atom stereocenters. The summed E-state index contributed by atoms with van der Waals surface area (Å²) in [5.41, 5.74) is -3.43. The Morgan fingerprint density at radius 2 is 2.00 bits per heavy atom. The number of piperidine rings is 1. The maximum Gasteiger partial charge on any atom is 0.269 e. The molecule has 1 aromatic carbocycles. The number of nitro benzene ring substituents is 1. The number of non-ortho nitro benzene ring substituents is 1. The van der Waals surface area contributed by atoms with Crippen LogP contribution in [0.2, 0.25) is 0 Å². The van der Waals surface area contributed by atoms with Gasteiger partial charge in [0.05, 0.1) is 10.5 Å². The number of carbonyl (C=O) groups excluding carboxylic acids is 1. The zero-order valence-corrected chi connectivity index (χ0v) is 11.1. The molecule has 0 saturated carbocycles. The van der Waals surface area contributed by atoms with Gasteiger partial charge in [0, 0.05) is 17.7 Å². The van der Waals surface area contributed by atoms with E-state index in [1.165, 1.54) is 6.92 Å². The van der Waals surface area contributed by atoms with E-state index in [1.807, 2.05) is 0 Å². The molecule has 108 valence electrons. The van der Waals surface area contributed by atoms with Crippen molar-refractivity contribution >= 4 is 11.6 Å². The molecule has 7 heteroatoms. The summed E-state index contributed by atoms with van der Waals surface area (Å²) >= 11 is 0. The first kappa shape index (κ1) is 14.4. The molecule has 1 heterocycles. The fourth-order valence-corrected chi connectivity index (χ4v) is 2.29. The minimum atomic E-state index is -2.00. The van der Waals surface area contributed by atoms with Crippen LogP contribution in [0.1, 0.15) is 32.3 Å². The third-order valence-corrected chi connectivity index (χ3v) is 3.71. The van der Waals surface area contributed by atoms with Crippen molar-refractivity contribution in [2.45, 2.75) is 37.9 Å². The molecule has 0 unspecified atom stereocenters. The summed E-state index contributed by atoms with van der Waals surface area (Å²) in [7, 11) is 0. The number of rotatable bonds is 2. The summed E-state index contributed by atoms with van der Waals surface area (Å²) in [6, 6.07) is 3.11. The van der Waals surface area contributed by atoms with E-state index in [2.05, 4.69) is 5.32 Å². The first-order chi connectivity index (χ1) is 9.16. The van der Waals surface area contributed by atoms with Gasteiger partial charge in [-0.15, -0.1) is 0 Å². The summed E-state index contributed by atoms with van der Waals surface area (Å²) in [5.74, 6) is -1.50. The van der Waals surface area contributed by atoms with E-state index in [-0.39, 0.29) is 24.1 Å². The number of benzene rings is 1. The molecule has 5 nitrogen and oxygen atoms in total. The van der Waals surface area contributed by atoms with E-state index >= 15 is 0 Å². The average molecular weight is 284 g/mol. The van der Waals surface area contributed by atoms with Crippen LogP contribution in [0, 0.1) is 15.9 Å². The highest BCUT2D eigenvalue weighted by Gasteiger charge is 2.46. The van der Waals surface area contributed by atoms with Crippen LogP contribution in [0.4, 0.5) is 14.5 Å². The van der Waals surface area contributed by atoms with Crippen LogP contribution in [-0.4, -0.2) is 16.5 Å². The maximum atomic E-state index is 13.9. The molecule has 0 radical (unpaired) electrons. The van der Waals surface area contributed by atoms with Crippen molar-refractivity contribution in [1.82, 2.24) is 5.32 Å². The van der Waals surface area contributed by atoms with E-state index in [4.69, 9.17) is 0 Å². The van der Waals surface area contributed by atoms with Gasteiger partial charge in [-0.3, -0.25) is 14.9 Å². The molecule has 1 N–H and O–H groups in total. The normalized spacial score (nSPS) is 29.9. The highest BCUT2D eigenvalue weighted by molar-refractivity contribution is 5.86. The fraction of sp³-hybridized carbons (Fsp3) is 0.462. The predicted molar refractivity (Wildman–Crippen MR) is 67.3 cm³/mol. The Balaban J connectivity index is 2.43. The lowest BCUT2D eigenvalue weighted by atomic mass is 9.79. The molecule has 1 aliphatic rings. The molecule has 1 aliphatic heterocycles. The number of halogens is 2. The van der Waals surface area contributed by atoms with E-state index in [0.29, 0.717) is 0 Å². The lowest BCUT2D eigenvalue weighted by Gasteiger charge is -2.39. The second kappa shape index (κ2) is 4.50. The molecule has 0 bridgehead atoms. The lowest BCUT2D eigenvalue weighted by Crippen LogP contribution is -2.56. The van der Waals surface area contributed by atoms with Gasteiger partial charge in [0.1, 0.15) is 5.82 Å². The molecule has 0 aromatic heterocycles. The summed E-state index contributed by atoms with van der Waals surface area (Å²) in [5, 5.41) is 13.2. The van der Waals surface area contributed by atoms with Crippen LogP contribution in [0.15, 0.2) is 18.2 Å². The molecule has 0 aliphatic carbocycles. The summed E-state index contributed by atoms with van der Waals surface area (Å²) in [4.78, 5) is 21.8. The van der Waals surface area contributed by atoms with Crippen molar-refractivity contribution < 1.29 is 18.5 Å². The van der Waals surface area contributed by atoms with Crippen LogP contribution in [0.5, 0.6) is 0 Å². The van der Waals surface area contributed by atoms with Crippen molar-refractivity contribution in [3.63, 3.8) is 0 Å². The third-order valence-electron chi connectivity index (χ3n) is 3.71. The molecule has 2 rings (SSSR count). The van der Waals surface area contributed by atoms with Gasteiger partial charge in [0.2, 0.25) is 0 Å². The van der Waals surface area contributed by atoms with Gasteiger partial charge < -0.3 is 5.32 Å². The van der Waals surface area contributed by atoms with E-state index in [9.17, 15) is 23.7 Å². The highest BCUT2D eigenvalue weighted by atomic mass is 19.1. The van der Waals surface area contributed by atoms with Crippen molar-refractivity contribution in [3.8, 4) is 0 Å². The largest absolute Gasteiger partial charge is 0.344 e. The lowest BCUT2D eigenvalue weighted by molar-refractivity contribution is -0.385. The van der Waals surface area contributed by atoms with Crippen LogP contribution in [-0.2, 0) is 10.3 Å². The topological polar surface area (TPSA) is 72.2 Å². The number of amides is 1. The minimum Gasteiger partial charge on any atom is -0.344 e. The second-order valence-electron chi connectivity index (χ2n) is 5.40. The highest BCUT2D eigenvalue weighted by Crippen LogP contribution is 2.37. The number of nitro groups is 1. The molecule has 20 heavy (non-hydrogen) atoms. The molecule has 1 amide bonds. The van der Waals surface area contributed by atoms with E-state index < -0.39 is 27.9 Å². The molecular weight excluding hydrogens is 270 g/mol. The molecule has 0 spiro atoms. The Labute approximate surface area is 114 Å². The number of hydrogen-bond acceptors (Lipinski definition) is 3. The Hall–Kier alpha value is -2.05. The van der Waals surface area contributed by atoms with Gasteiger partial charge in [-0.05, 0) is 32.8 Å². The van der Waals surface area contributed by atoms with Crippen molar-refractivity contribution in [1.29, 1.82) is 0 Å². The molecule has 1 aromatic rings. The van der Waals surface area contributed by atoms with E-state index in [1.54, 1.807) is 0 Å². The van der Waals surface area contributed by atoms with Crippen LogP contribution < -0.4 is 5.32 Å². The van der Waals surface area contributed by atoms with Crippen molar-refractivity contribution in [2.24, 2.45) is 0 Å². The van der Waals surface area contributed by atoms with Crippen LogP contribution >= 0.6 is 0 Å². The van der Waals surface area contributed by atoms with Gasteiger partial charge in [-0.2, -0.15) is 0 Å².